The predicted octanol–water partition coefficient (Wildman–Crippen LogP) is 2.44. The van der Waals surface area contributed by atoms with Crippen LogP contribution in [0.1, 0.15) is 31.2 Å². The monoisotopic (exact) mass is 260 g/mol. The minimum Gasteiger partial charge on any atom is -0.493 e. The van der Waals surface area contributed by atoms with Crippen molar-refractivity contribution in [1.82, 2.24) is 9.78 Å². The highest BCUT2D eigenvalue weighted by atomic mass is 16.5. The molecule has 1 aromatic carbocycles. The molecule has 4 heteroatoms. The highest BCUT2D eigenvalue weighted by Gasteiger charge is 2.35. The van der Waals surface area contributed by atoms with Gasteiger partial charge in [-0.05, 0) is 5.56 Å². The molecule has 0 fully saturated rings. The minimum absolute atomic E-state index is 0.428. The van der Waals surface area contributed by atoms with Crippen molar-refractivity contribution in [2.45, 2.75) is 25.4 Å². The van der Waals surface area contributed by atoms with E-state index in [0.29, 0.717) is 11.4 Å². The molecule has 0 amide bonds. The van der Waals surface area contributed by atoms with E-state index in [0.717, 1.165) is 5.56 Å². The zero-order chi connectivity index (χ0) is 14.0. The fraction of sp³-hybridized carbons (Fsp3) is 0.400. The van der Waals surface area contributed by atoms with Crippen LogP contribution in [0.3, 0.4) is 0 Å². The van der Waals surface area contributed by atoms with E-state index in [1.165, 1.54) is 0 Å². The Morgan fingerprint density at radius 1 is 1.26 bits per heavy atom. The number of aryl methyl sites for hydroxylation is 1. The fourth-order valence-corrected chi connectivity index (χ4v) is 2.26. The van der Waals surface area contributed by atoms with Crippen molar-refractivity contribution >= 4 is 0 Å². The Kier molecular flexibility index (Phi) is 3.62. The number of ether oxygens (including phenoxy) is 1. The van der Waals surface area contributed by atoms with E-state index in [4.69, 9.17) is 4.74 Å². The third-order valence-corrected chi connectivity index (χ3v) is 3.63. The summed E-state index contributed by atoms with van der Waals surface area (Å²) in [5, 5.41) is 14.9. The third kappa shape index (κ3) is 2.36. The molecule has 1 aromatic heterocycles. The number of nitrogens with zero attached hydrogens (tertiary/aromatic N) is 2. The van der Waals surface area contributed by atoms with Crippen molar-refractivity contribution < 1.29 is 9.84 Å². The van der Waals surface area contributed by atoms with Crippen LogP contribution in [0.4, 0.5) is 0 Å². The molecule has 4 nitrogen and oxygen atoms in total. The normalized spacial score (nSPS) is 13.3. The fourth-order valence-electron chi connectivity index (χ4n) is 2.26. The molecule has 0 aliphatic heterocycles. The molecule has 1 atom stereocenters. The highest BCUT2D eigenvalue weighted by molar-refractivity contribution is 5.34. The molecule has 19 heavy (non-hydrogen) atoms. The average molecular weight is 260 g/mol. The van der Waals surface area contributed by atoms with Crippen molar-refractivity contribution in [1.29, 1.82) is 0 Å². The lowest BCUT2D eigenvalue weighted by atomic mass is 9.78. The van der Waals surface area contributed by atoms with Crippen LogP contribution in [0, 0.1) is 0 Å². The SMILES string of the molecule is COc1cnn(C)c1C(O)C(C)(C)c1ccccc1. The molecule has 0 saturated carbocycles. The van der Waals surface area contributed by atoms with E-state index in [-0.39, 0.29) is 0 Å². The Labute approximate surface area is 113 Å². The lowest BCUT2D eigenvalue weighted by molar-refractivity contribution is 0.0895. The topological polar surface area (TPSA) is 47.3 Å². The Bertz CT molecular complexity index is 547. The van der Waals surface area contributed by atoms with Gasteiger partial charge in [-0.1, -0.05) is 44.2 Å². The van der Waals surface area contributed by atoms with Crippen LogP contribution in [-0.4, -0.2) is 22.0 Å². The molecule has 0 saturated heterocycles. The molecular formula is C15H20N2O2. The summed E-state index contributed by atoms with van der Waals surface area (Å²) in [5.74, 6) is 0.610. The molecule has 2 rings (SSSR count). The summed E-state index contributed by atoms with van der Waals surface area (Å²) in [7, 11) is 3.39. The first kappa shape index (κ1) is 13.6. The lowest BCUT2D eigenvalue weighted by Crippen LogP contribution is -2.28. The van der Waals surface area contributed by atoms with Gasteiger partial charge >= 0.3 is 0 Å². The van der Waals surface area contributed by atoms with Crippen LogP contribution in [0.25, 0.3) is 0 Å². The molecule has 0 spiro atoms. The van der Waals surface area contributed by atoms with Gasteiger partial charge in [0, 0.05) is 12.5 Å². The first-order valence-corrected chi connectivity index (χ1v) is 6.28. The van der Waals surface area contributed by atoms with Gasteiger partial charge < -0.3 is 9.84 Å². The first-order chi connectivity index (χ1) is 8.98. The van der Waals surface area contributed by atoms with Crippen molar-refractivity contribution in [3.63, 3.8) is 0 Å². The summed E-state index contributed by atoms with van der Waals surface area (Å²) in [4.78, 5) is 0. The van der Waals surface area contributed by atoms with Crippen LogP contribution in [0.5, 0.6) is 5.75 Å². The third-order valence-electron chi connectivity index (χ3n) is 3.63. The van der Waals surface area contributed by atoms with E-state index in [9.17, 15) is 5.11 Å². The molecule has 102 valence electrons. The molecule has 0 aliphatic rings. The van der Waals surface area contributed by atoms with Gasteiger partial charge in [-0.25, -0.2) is 0 Å². The summed E-state index contributed by atoms with van der Waals surface area (Å²) in [6, 6.07) is 9.96. The maximum Gasteiger partial charge on any atom is 0.162 e. The van der Waals surface area contributed by atoms with E-state index >= 15 is 0 Å². The van der Waals surface area contributed by atoms with Crippen molar-refractivity contribution in [3.8, 4) is 5.75 Å². The summed E-state index contributed by atoms with van der Waals surface area (Å²) in [5.41, 5.74) is 1.34. The number of methoxy groups -OCH3 is 1. The average Bonchev–Trinajstić information content (AvgIpc) is 2.79. The van der Waals surface area contributed by atoms with Crippen LogP contribution in [-0.2, 0) is 12.5 Å². The number of aromatic nitrogens is 2. The van der Waals surface area contributed by atoms with Gasteiger partial charge in [0.25, 0.3) is 0 Å². The van der Waals surface area contributed by atoms with Gasteiger partial charge in [0.15, 0.2) is 5.75 Å². The lowest BCUT2D eigenvalue weighted by Gasteiger charge is -2.31. The maximum atomic E-state index is 10.7. The summed E-state index contributed by atoms with van der Waals surface area (Å²) < 4.78 is 6.94. The number of hydrogen-bond acceptors (Lipinski definition) is 3. The zero-order valence-electron chi connectivity index (χ0n) is 11.8. The van der Waals surface area contributed by atoms with Crippen molar-refractivity contribution in [2.75, 3.05) is 7.11 Å². The molecular weight excluding hydrogens is 240 g/mol. The second-order valence-corrected chi connectivity index (χ2v) is 5.21. The van der Waals surface area contributed by atoms with Gasteiger partial charge in [0.05, 0.1) is 13.3 Å². The predicted molar refractivity (Wildman–Crippen MR) is 74.2 cm³/mol. The molecule has 0 radical (unpaired) electrons. The second kappa shape index (κ2) is 5.05. The summed E-state index contributed by atoms with van der Waals surface area (Å²) in [6.07, 6.45) is 0.928. The van der Waals surface area contributed by atoms with Gasteiger partial charge in [-0.2, -0.15) is 5.10 Å². The summed E-state index contributed by atoms with van der Waals surface area (Å²) >= 11 is 0. The highest BCUT2D eigenvalue weighted by Crippen LogP contribution is 2.39. The first-order valence-electron chi connectivity index (χ1n) is 6.28. The quantitative estimate of drug-likeness (QED) is 0.918. The van der Waals surface area contributed by atoms with E-state index in [1.807, 2.05) is 51.2 Å². The van der Waals surface area contributed by atoms with Crippen LogP contribution < -0.4 is 4.74 Å². The number of benzene rings is 1. The zero-order valence-corrected chi connectivity index (χ0v) is 11.8. The van der Waals surface area contributed by atoms with Crippen LogP contribution in [0.2, 0.25) is 0 Å². The van der Waals surface area contributed by atoms with E-state index < -0.39 is 11.5 Å². The largest absolute Gasteiger partial charge is 0.493 e. The summed E-state index contributed by atoms with van der Waals surface area (Å²) in [6.45, 7) is 4.03. The Morgan fingerprint density at radius 3 is 2.47 bits per heavy atom. The number of aliphatic hydroxyl groups is 1. The van der Waals surface area contributed by atoms with Crippen molar-refractivity contribution in [2.24, 2.45) is 7.05 Å². The van der Waals surface area contributed by atoms with Crippen molar-refractivity contribution in [3.05, 3.63) is 47.8 Å². The number of rotatable bonds is 4. The number of hydrogen-bond donors (Lipinski definition) is 1. The second-order valence-electron chi connectivity index (χ2n) is 5.21. The van der Waals surface area contributed by atoms with Gasteiger partial charge in [-0.3, -0.25) is 4.68 Å². The Hall–Kier alpha value is -1.81. The maximum absolute atomic E-state index is 10.7. The molecule has 1 heterocycles. The minimum atomic E-state index is -0.697. The Morgan fingerprint density at radius 2 is 1.89 bits per heavy atom. The molecule has 0 bridgehead atoms. The number of aliphatic hydroxyl groups excluding tert-OH is 1. The molecule has 2 aromatic rings. The van der Waals surface area contributed by atoms with E-state index in [1.54, 1.807) is 18.0 Å². The molecule has 1 unspecified atom stereocenters. The van der Waals surface area contributed by atoms with Crippen LogP contribution in [0.15, 0.2) is 36.5 Å². The van der Waals surface area contributed by atoms with Gasteiger partial charge in [0.2, 0.25) is 0 Å². The molecule has 1 N–H and O–H groups in total. The molecule has 0 aliphatic carbocycles. The smallest absolute Gasteiger partial charge is 0.162 e. The Balaban J connectivity index is 2.43. The van der Waals surface area contributed by atoms with Gasteiger partial charge in [-0.15, -0.1) is 0 Å². The van der Waals surface area contributed by atoms with Crippen LogP contribution >= 0.6 is 0 Å². The van der Waals surface area contributed by atoms with Gasteiger partial charge in [0.1, 0.15) is 11.8 Å². The standard InChI is InChI=1S/C15H20N2O2/c1-15(2,11-8-6-5-7-9-11)14(18)13-12(19-4)10-16-17(13)3/h5-10,14,18H,1-4H3. The van der Waals surface area contributed by atoms with E-state index in [2.05, 4.69) is 5.10 Å².